The van der Waals surface area contributed by atoms with Gasteiger partial charge in [-0.2, -0.15) is 0 Å². The normalized spacial score (nSPS) is 11.8. The Balaban J connectivity index is 1.99. The van der Waals surface area contributed by atoms with Crippen molar-refractivity contribution in [1.82, 2.24) is 4.98 Å². The Labute approximate surface area is 131 Å². The van der Waals surface area contributed by atoms with Crippen molar-refractivity contribution >= 4 is 28.2 Å². The molecule has 116 valence electrons. The SMILES string of the molecule is CC(=O)c1cccc(O[C@@H](C)C(=O)Nc2nc(CO)cs2)c1. The van der Waals surface area contributed by atoms with E-state index in [1.54, 1.807) is 36.6 Å². The average Bonchev–Trinajstić information content (AvgIpc) is 2.95. The summed E-state index contributed by atoms with van der Waals surface area (Å²) >= 11 is 1.23. The van der Waals surface area contributed by atoms with Crippen LogP contribution in [0, 0.1) is 0 Å². The zero-order chi connectivity index (χ0) is 16.1. The molecule has 1 heterocycles. The molecule has 0 aliphatic carbocycles. The Morgan fingerprint density at radius 3 is 2.86 bits per heavy atom. The number of hydrogen-bond acceptors (Lipinski definition) is 6. The molecule has 7 heteroatoms. The molecule has 2 aromatic rings. The lowest BCUT2D eigenvalue weighted by molar-refractivity contribution is -0.122. The van der Waals surface area contributed by atoms with Crippen molar-refractivity contribution < 1.29 is 19.4 Å². The number of aliphatic hydroxyl groups is 1. The predicted octanol–water partition coefficient (Wildman–Crippen LogP) is 2.24. The molecule has 1 aromatic heterocycles. The van der Waals surface area contributed by atoms with E-state index in [4.69, 9.17) is 9.84 Å². The highest BCUT2D eigenvalue weighted by molar-refractivity contribution is 7.13. The fraction of sp³-hybridized carbons (Fsp3) is 0.267. The van der Waals surface area contributed by atoms with E-state index in [0.717, 1.165) is 0 Å². The minimum atomic E-state index is -0.747. The van der Waals surface area contributed by atoms with E-state index in [1.807, 2.05) is 0 Å². The Morgan fingerprint density at radius 1 is 1.45 bits per heavy atom. The molecule has 1 atom stereocenters. The van der Waals surface area contributed by atoms with E-state index in [2.05, 4.69) is 10.3 Å². The summed E-state index contributed by atoms with van der Waals surface area (Å²) in [6, 6.07) is 6.67. The first kappa shape index (κ1) is 16.1. The molecule has 0 saturated heterocycles. The van der Waals surface area contributed by atoms with Gasteiger partial charge in [0.05, 0.1) is 12.3 Å². The van der Waals surface area contributed by atoms with Crippen LogP contribution in [0.25, 0.3) is 0 Å². The number of carbonyl (C=O) groups excluding carboxylic acids is 2. The minimum absolute atomic E-state index is 0.0677. The second kappa shape index (κ2) is 7.15. The van der Waals surface area contributed by atoms with Crippen LogP contribution < -0.4 is 10.1 Å². The first-order chi connectivity index (χ1) is 10.5. The number of aliphatic hydroxyl groups excluding tert-OH is 1. The minimum Gasteiger partial charge on any atom is -0.481 e. The lowest BCUT2D eigenvalue weighted by atomic mass is 10.1. The molecule has 6 nitrogen and oxygen atoms in total. The van der Waals surface area contributed by atoms with Crippen molar-refractivity contribution in [2.75, 3.05) is 5.32 Å². The summed E-state index contributed by atoms with van der Waals surface area (Å²) in [4.78, 5) is 27.4. The van der Waals surface area contributed by atoms with E-state index >= 15 is 0 Å². The highest BCUT2D eigenvalue weighted by Crippen LogP contribution is 2.18. The zero-order valence-corrected chi connectivity index (χ0v) is 13.0. The van der Waals surface area contributed by atoms with Crippen molar-refractivity contribution in [3.05, 3.63) is 40.9 Å². The van der Waals surface area contributed by atoms with Gasteiger partial charge in [-0.15, -0.1) is 11.3 Å². The highest BCUT2D eigenvalue weighted by Gasteiger charge is 2.16. The van der Waals surface area contributed by atoms with Gasteiger partial charge in [0, 0.05) is 10.9 Å². The summed E-state index contributed by atoms with van der Waals surface area (Å²) in [6.45, 7) is 2.91. The Kier molecular flexibility index (Phi) is 5.24. The van der Waals surface area contributed by atoms with Crippen LogP contribution in [0.3, 0.4) is 0 Å². The second-order valence-electron chi connectivity index (χ2n) is 4.64. The number of carbonyl (C=O) groups is 2. The summed E-state index contributed by atoms with van der Waals surface area (Å²) in [5, 5.41) is 13.6. The van der Waals surface area contributed by atoms with Crippen LogP contribution in [0.15, 0.2) is 29.6 Å². The molecule has 2 N–H and O–H groups in total. The predicted molar refractivity (Wildman–Crippen MR) is 83.2 cm³/mol. The molecular formula is C15H16N2O4S. The molecular weight excluding hydrogens is 304 g/mol. The maximum absolute atomic E-state index is 12.0. The number of anilines is 1. The molecule has 22 heavy (non-hydrogen) atoms. The Morgan fingerprint density at radius 2 is 2.23 bits per heavy atom. The monoisotopic (exact) mass is 320 g/mol. The smallest absolute Gasteiger partial charge is 0.266 e. The van der Waals surface area contributed by atoms with Crippen molar-refractivity contribution in [2.45, 2.75) is 26.6 Å². The number of thiazole rings is 1. The largest absolute Gasteiger partial charge is 0.481 e. The van der Waals surface area contributed by atoms with E-state index in [9.17, 15) is 9.59 Å². The fourth-order valence-corrected chi connectivity index (χ4v) is 2.39. The third-order valence-corrected chi connectivity index (χ3v) is 3.67. The van der Waals surface area contributed by atoms with E-state index in [1.165, 1.54) is 18.3 Å². The zero-order valence-electron chi connectivity index (χ0n) is 12.2. The topological polar surface area (TPSA) is 88.5 Å². The van der Waals surface area contributed by atoms with Gasteiger partial charge in [-0.05, 0) is 26.0 Å². The van der Waals surface area contributed by atoms with E-state index < -0.39 is 6.10 Å². The number of ether oxygens (including phenoxy) is 1. The Hall–Kier alpha value is -2.25. The summed E-state index contributed by atoms with van der Waals surface area (Å²) in [7, 11) is 0. The first-order valence-electron chi connectivity index (χ1n) is 6.63. The molecule has 0 bridgehead atoms. The molecule has 0 radical (unpaired) electrons. The lowest BCUT2D eigenvalue weighted by Gasteiger charge is -2.14. The quantitative estimate of drug-likeness (QED) is 0.797. The molecule has 0 saturated carbocycles. The maximum atomic E-state index is 12.0. The third-order valence-electron chi connectivity index (χ3n) is 2.87. The molecule has 0 aliphatic rings. The van der Waals surface area contributed by atoms with Crippen molar-refractivity contribution in [3.63, 3.8) is 0 Å². The van der Waals surface area contributed by atoms with Crippen LogP contribution in [0.1, 0.15) is 29.9 Å². The summed E-state index contributed by atoms with van der Waals surface area (Å²) in [6.07, 6.45) is -0.747. The first-order valence-corrected chi connectivity index (χ1v) is 7.51. The summed E-state index contributed by atoms with van der Waals surface area (Å²) < 4.78 is 5.54. The van der Waals surface area contributed by atoms with Crippen LogP contribution in [-0.4, -0.2) is 27.9 Å². The van der Waals surface area contributed by atoms with Gasteiger partial charge in [0.1, 0.15) is 5.75 Å². The van der Waals surface area contributed by atoms with Gasteiger partial charge in [-0.25, -0.2) is 4.98 Å². The van der Waals surface area contributed by atoms with Crippen LogP contribution >= 0.6 is 11.3 Å². The number of hydrogen-bond donors (Lipinski definition) is 2. The van der Waals surface area contributed by atoms with E-state index in [-0.39, 0.29) is 18.3 Å². The van der Waals surface area contributed by atoms with Gasteiger partial charge in [-0.1, -0.05) is 12.1 Å². The lowest BCUT2D eigenvalue weighted by Crippen LogP contribution is -2.30. The molecule has 0 spiro atoms. The van der Waals surface area contributed by atoms with Gasteiger partial charge in [-0.3, -0.25) is 14.9 Å². The van der Waals surface area contributed by atoms with Gasteiger partial charge >= 0.3 is 0 Å². The number of aromatic nitrogens is 1. The maximum Gasteiger partial charge on any atom is 0.266 e. The van der Waals surface area contributed by atoms with Crippen LogP contribution in [0.4, 0.5) is 5.13 Å². The average molecular weight is 320 g/mol. The summed E-state index contributed by atoms with van der Waals surface area (Å²) in [5.41, 5.74) is 1.03. The number of nitrogens with zero attached hydrogens (tertiary/aromatic N) is 1. The molecule has 2 rings (SSSR count). The molecule has 0 aliphatic heterocycles. The van der Waals surface area contributed by atoms with Crippen molar-refractivity contribution in [3.8, 4) is 5.75 Å². The van der Waals surface area contributed by atoms with Crippen LogP contribution in [0.2, 0.25) is 0 Å². The third kappa shape index (κ3) is 4.12. The van der Waals surface area contributed by atoms with Gasteiger partial charge in [0.2, 0.25) is 0 Å². The number of amides is 1. The molecule has 0 fully saturated rings. The Bertz CT molecular complexity index is 684. The van der Waals surface area contributed by atoms with E-state index in [0.29, 0.717) is 22.1 Å². The number of Topliss-reactive ketones (excluding diaryl/α,β-unsaturated/α-hetero) is 1. The standard InChI is InChI=1S/C15H16N2O4S/c1-9(19)11-4-3-5-13(6-11)21-10(2)14(20)17-15-16-12(7-18)8-22-15/h3-6,8,10,18H,7H2,1-2H3,(H,16,17,20)/t10-/m0/s1. The second-order valence-corrected chi connectivity index (χ2v) is 5.49. The molecule has 1 aromatic carbocycles. The number of rotatable bonds is 6. The van der Waals surface area contributed by atoms with Crippen molar-refractivity contribution in [1.29, 1.82) is 0 Å². The van der Waals surface area contributed by atoms with Crippen molar-refractivity contribution in [2.24, 2.45) is 0 Å². The van der Waals surface area contributed by atoms with Gasteiger partial charge < -0.3 is 9.84 Å². The fourth-order valence-electron chi connectivity index (χ4n) is 1.69. The molecule has 1 amide bonds. The van der Waals surface area contributed by atoms with Gasteiger partial charge in [0.25, 0.3) is 5.91 Å². The highest BCUT2D eigenvalue weighted by atomic mass is 32.1. The van der Waals surface area contributed by atoms with Crippen LogP contribution in [0.5, 0.6) is 5.75 Å². The number of ketones is 1. The van der Waals surface area contributed by atoms with Crippen LogP contribution in [-0.2, 0) is 11.4 Å². The number of nitrogens with one attached hydrogen (secondary N) is 1. The summed E-state index contributed by atoms with van der Waals surface area (Å²) in [5.74, 6) is 0.0273. The number of benzene rings is 1. The molecule has 0 unspecified atom stereocenters. The van der Waals surface area contributed by atoms with Gasteiger partial charge in [0.15, 0.2) is 17.0 Å².